The van der Waals surface area contributed by atoms with E-state index in [-0.39, 0.29) is 0 Å². The zero-order valence-electron chi connectivity index (χ0n) is 21.0. The fraction of sp³-hybridized carbons (Fsp3) is 0.833. The summed E-state index contributed by atoms with van der Waals surface area (Å²) in [7, 11) is 0. The van der Waals surface area contributed by atoms with E-state index in [9.17, 15) is 0 Å². The number of nitrogens with two attached hydrogens (primary N) is 2. The van der Waals surface area contributed by atoms with Gasteiger partial charge >= 0.3 is 0 Å². The van der Waals surface area contributed by atoms with Crippen LogP contribution in [0.15, 0.2) is 12.4 Å². The van der Waals surface area contributed by atoms with Crippen molar-refractivity contribution < 1.29 is 18.9 Å². The minimum Gasteiger partial charge on any atom is -0.381 e. The van der Waals surface area contributed by atoms with Crippen LogP contribution in [0.3, 0.4) is 0 Å². The Kier molecular flexibility index (Phi) is 22.0. The quantitative estimate of drug-likeness (QED) is 0.145. The van der Waals surface area contributed by atoms with Crippen molar-refractivity contribution in [2.75, 3.05) is 89.7 Å². The molecule has 0 aliphatic rings. The van der Waals surface area contributed by atoms with E-state index >= 15 is 0 Å². The number of nitrogens with one attached hydrogen (secondary N) is 2. The molecule has 34 heavy (non-hydrogen) atoms. The summed E-state index contributed by atoms with van der Waals surface area (Å²) in [5, 5.41) is 6.64. The molecule has 1 rings (SSSR count). The number of rotatable bonds is 26. The summed E-state index contributed by atoms with van der Waals surface area (Å²) in [6.07, 6.45) is 9.37. The normalized spacial score (nSPS) is 11.1. The molecular formula is C24H48N6O4. The Labute approximate surface area is 205 Å². The maximum absolute atomic E-state index is 5.67. The lowest BCUT2D eigenvalue weighted by Crippen LogP contribution is -2.10. The number of unbranched alkanes of at least 4 members (excludes halogenated alkanes) is 2. The minimum absolute atomic E-state index is 0.688. The van der Waals surface area contributed by atoms with Gasteiger partial charge in [-0.1, -0.05) is 0 Å². The van der Waals surface area contributed by atoms with Crippen molar-refractivity contribution in [1.29, 1.82) is 0 Å². The number of hydrogen-bond acceptors (Lipinski definition) is 10. The SMILES string of the molecule is NCCCOCCCCOCCCNc1cc(NCCCOCCCCOCCCN)ncn1. The molecule has 0 radical (unpaired) electrons. The van der Waals surface area contributed by atoms with Gasteiger partial charge in [0.25, 0.3) is 0 Å². The van der Waals surface area contributed by atoms with Gasteiger partial charge in [0.2, 0.25) is 0 Å². The molecule has 0 saturated carbocycles. The van der Waals surface area contributed by atoms with Gasteiger partial charge in [-0.15, -0.1) is 0 Å². The van der Waals surface area contributed by atoms with Gasteiger partial charge in [-0.2, -0.15) is 0 Å². The highest BCUT2D eigenvalue weighted by atomic mass is 16.5. The van der Waals surface area contributed by atoms with Crippen LogP contribution in [0.5, 0.6) is 0 Å². The first kappa shape index (κ1) is 30.5. The molecule has 0 atom stereocenters. The van der Waals surface area contributed by atoms with Crippen LogP contribution in [0.4, 0.5) is 11.6 Å². The lowest BCUT2D eigenvalue weighted by Gasteiger charge is -2.09. The van der Waals surface area contributed by atoms with Gasteiger partial charge in [-0.25, -0.2) is 9.97 Å². The first-order valence-electron chi connectivity index (χ1n) is 12.9. The van der Waals surface area contributed by atoms with Crippen LogP contribution in [-0.4, -0.2) is 89.0 Å². The summed E-state index contributed by atoms with van der Waals surface area (Å²) in [6.45, 7) is 9.09. The molecule has 1 heterocycles. The van der Waals surface area contributed by atoms with E-state index in [0.717, 1.165) is 129 Å². The summed E-state index contributed by atoms with van der Waals surface area (Å²) in [4.78, 5) is 8.54. The van der Waals surface area contributed by atoms with Gasteiger partial charge in [-0.3, -0.25) is 0 Å². The molecule has 0 amide bonds. The third kappa shape index (κ3) is 19.9. The minimum atomic E-state index is 0.688. The summed E-state index contributed by atoms with van der Waals surface area (Å²) >= 11 is 0. The maximum atomic E-state index is 5.67. The topological polar surface area (TPSA) is 139 Å². The average molecular weight is 485 g/mol. The van der Waals surface area contributed by atoms with E-state index in [0.29, 0.717) is 13.1 Å². The van der Waals surface area contributed by atoms with Crippen molar-refractivity contribution in [2.24, 2.45) is 11.5 Å². The largest absolute Gasteiger partial charge is 0.381 e. The van der Waals surface area contributed by atoms with Crippen molar-refractivity contribution in [3.63, 3.8) is 0 Å². The predicted molar refractivity (Wildman–Crippen MR) is 137 cm³/mol. The average Bonchev–Trinajstić information content (AvgIpc) is 2.85. The van der Waals surface area contributed by atoms with Crippen LogP contribution >= 0.6 is 0 Å². The molecule has 0 saturated heterocycles. The summed E-state index contributed by atoms with van der Waals surface area (Å²) in [5.74, 6) is 1.63. The van der Waals surface area contributed by atoms with Gasteiger partial charge in [-0.05, 0) is 64.5 Å². The van der Waals surface area contributed by atoms with Crippen molar-refractivity contribution in [3.05, 3.63) is 12.4 Å². The Hall–Kier alpha value is -1.56. The van der Waals surface area contributed by atoms with E-state index in [2.05, 4.69) is 20.6 Å². The van der Waals surface area contributed by atoms with Crippen molar-refractivity contribution in [3.8, 4) is 0 Å². The van der Waals surface area contributed by atoms with E-state index in [1.165, 1.54) is 0 Å². The molecule has 0 aliphatic heterocycles. The monoisotopic (exact) mass is 484 g/mol. The van der Waals surface area contributed by atoms with Gasteiger partial charge in [0.05, 0.1) is 0 Å². The first-order chi connectivity index (χ1) is 16.9. The van der Waals surface area contributed by atoms with E-state index in [1.54, 1.807) is 6.33 Å². The second kappa shape index (κ2) is 24.6. The highest BCUT2D eigenvalue weighted by Gasteiger charge is 1.99. The van der Waals surface area contributed by atoms with Crippen LogP contribution in [0.2, 0.25) is 0 Å². The Morgan fingerprint density at radius 2 is 0.882 bits per heavy atom. The Bertz CT molecular complexity index is 513. The lowest BCUT2D eigenvalue weighted by atomic mass is 10.3. The van der Waals surface area contributed by atoms with Crippen molar-refractivity contribution >= 4 is 11.6 Å². The molecule has 1 aromatic heterocycles. The Morgan fingerprint density at radius 3 is 1.26 bits per heavy atom. The number of hydrogen-bond donors (Lipinski definition) is 4. The van der Waals surface area contributed by atoms with Crippen LogP contribution < -0.4 is 22.1 Å². The summed E-state index contributed by atoms with van der Waals surface area (Å²) in [5.41, 5.74) is 10.9. The molecule has 198 valence electrons. The number of nitrogens with zero attached hydrogens (tertiary/aromatic N) is 2. The standard InChI is InChI=1S/C24H48N6O4/c25-9-5-17-31-13-1-3-15-33-19-7-11-27-23-21-24(30-22-29-23)28-12-8-20-34-16-4-2-14-32-18-6-10-26/h21-22H,1-20,25-26H2,(H2,27,28,29,30). The van der Waals surface area contributed by atoms with E-state index in [1.807, 2.05) is 6.07 Å². The van der Waals surface area contributed by atoms with E-state index in [4.69, 9.17) is 30.4 Å². The Balaban J connectivity index is 1.91. The highest BCUT2D eigenvalue weighted by Crippen LogP contribution is 2.08. The van der Waals surface area contributed by atoms with Gasteiger partial charge < -0.3 is 41.0 Å². The van der Waals surface area contributed by atoms with Crippen LogP contribution in [0.25, 0.3) is 0 Å². The summed E-state index contributed by atoms with van der Waals surface area (Å²) < 4.78 is 22.3. The molecule has 10 nitrogen and oxygen atoms in total. The van der Waals surface area contributed by atoms with Crippen molar-refractivity contribution in [1.82, 2.24) is 9.97 Å². The molecule has 0 aromatic carbocycles. The zero-order chi connectivity index (χ0) is 24.4. The molecule has 10 heteroatoms. The lowest BCUT2D eigenvalue weighted by molar-refractivity contribution is 0.102. The van der Waals surface area contributed by atoms with Gasteiger partial charge in [0.15, 0.2) is 0 Å². The first-order valence-corrected chi connectivity index (χ1v) is 12.9. The van der Waals surface area contributed by atoms with E-state index < -0.39 is 0 Å². The molecule has 0 aliphatic carbocycles. The second-order valence-electron chi connectivity index (χ2n) is 8.00. The summed E-state index contributed by atoms with van der Waals surface area (Å²) in [6, 6.07) is 1.93. The smallest absolute Gasteiger partial charge is 0.131 e. The molecular weight excluding hydrogens is 436 g/mol. The maximum Gasteiger partial charge on any atom is 0.131 e. The second-order valence-corrected chi connectivity index (χ2v) is 8.00. The highest BCUT2D eigenvalue weighted by molar-refractivity contribution is 5.46. The molecule has 0 bridgehead atoms. The predicted octanol–water partition coefficient (Wildman–Crippen LogP) is 2.41. The molecule has 1 aromatic rings. The van der Waals surface area contributed by atoms with Crippen LogP contribution in [0.1, 0.15) is 51.4 Å². The third-order valence-electron chi connectivity index (χ3n) is 4.85. The van der Waals surface area contributed by atoms with Crippen LogP contribution in [-0.2, 0) is 18.9 Å². The van der Waals surface area contributed by atoms with Crippen molar-refractivity contribution in [2.45, 2.75) is 51.4 Å². The molecule has 0 fully saturated rings. The number of anilines is 2. The number of ether oxygens (including phenoxy) is 4. The van der Waals surface area contributed by atoms with Crippen LogP contribution in [0, 0.1) is 0 Å². The fourth-order valence-corrected chi connectivity index (χ4v) is 2.93. The fourth-order valence-electron chi connectivity index (χ4n) is 2.93. The zero-order valence-corrected chi connectivity index (χ0v) is 21.0. The molecule has 0 spiro atoms. The van der Waals surface area contributed by atoms with Gasteiger partial charge in [0, 0.05) is 72.0 Å². The Morgan fingerprint density at radius 1 is 0.529 bits per heavy atom. The molecule has 6 N–H and O–H groups in total. The van der Waals surface area contributed by atoms with Gasteiger partial charge in [0.1, 0.15) is 18.0 Å². The molecule has 0 unspecified atom stereocenters. The number of aromatic nitrogens is 2. The third-order valence-corrected chi connectivity index (χ3v) is 4.85.